The Balaban J connectivity index is 1.70. The van der Waals surface area contributed by atoms with Crippen molar-refractivity contribution in [2.24, 2.45) is 0 Å². The van der Waals surface area contributed by atoms with E-state index in [2.05, 4.69) is 4.90 Å². The second-order valence-electron chi connectivity index (χ2n) is 4.57. The van der Waals surface area contributed by atoms with Crippen LogP contribution in [-0.2, 0) is 0 Å². The zero-order valence-electron chi connectivity index (χ0n) is 10.0. The molecule has 0 unspecified atom stereocenters. The lowest BCUT2D eigenvalue weighted by atomic mass is 9.91. The maximum atomic E-state index is 13.2. The number of hydrogen-bond acceptors (Lipinski definition) is 3. The number of β-amino-alcohol motifs (C(OH)–C–C–N with tert-alkyl or cyclic N) is 1. The number of aliphatic hydroxyl groups is 1. The van der Waals surface area contributed by atoms with Crippen LogP contribution in [0.5, 0.6) is 5.75 Å². The van der Waals surface area contributed by atoms with Crippen molar-refractivity contribution in [1.29, 1.82) is 0 Å². The van der Waals surface area contributed by atoms with Gasteiger partial charge in [-0.05, 0) is 18.6 Å². The van der Waals surface area contributed by atoms with Crippen molar-refractivity contribution in [3.05, 3.63) is 30.1 Å². The molecular weight excluding hydrogens is 221 g/mol. The monoisotopic (exact) mass is 239 g/mol. The van der Waals surface area contributed by atoms with Gasteiger partial charge in [0.1, 0.15) is 6.61 Å². The maximum absolute atomic E-state index is 13.2. The second kappa shape index (κ2) is 5.02. The van der Waals surface area contributed by atoms with Crippen molar-refractivity contribution in [2.75, 3.05) is 26.2 Å². The van der Waals surface area contributed by atoms with E-state index in [4.69, 9.17) is 4.74 Å². The van der Waals surface area contributed by atoms with Gasteiger partial charge in [-0.25, -0.2) is 4.39 Å². The molecule has 1 aliphatic heterocycles. The van der Waals surface area contributed by atoms with Gasteiger partial charge in [-0.15, -0.1) is 0 Å². The van der Waals surface area contributed by atoms with Crippen molar-refractivity contribution < 1.29 is 14.2 Å². The fraction of sp³-hybridized carbons (Fsp3) is 0.538. The molecule has 2 rings (SSSR count). The molecule has 0 bridgehead atoms. The number of benzene rings is 1. The predicted octanol–water partition coefficient (Wildman–Crippen LogP) is 1.66. The average molecular weight is 239 g/mol. The van der Waals surface area contributed by atoms with Crippen LogP contribution in [-0.4, -0.2) is 41.8 Å². The van der Waals surface area contributed by atoms with Crippen LogP contribution in [0.4, 0.5) is 4.39 Å². The molecular formula is C13H18FNO2. The van der Waals surface area contributed by atoms with Gasteiger partial charge in [0, 0.05) is 19.6 Å². The number of rotatable bonds is 5. The summed E-state index contributed by atoms with van der Waals surface area (Å²) in [5.74, 6) is -0.0417. The largest absolute Gasteiger partial charge is 0.489 e. The Bertz CT molecular complexity index is 377. The minimum absolute atomic E-state index is 0.291. The summed E-state index contributed by atoms with van der Waals surface area (Å²) in [6.07, 6.45) is 0.775. The van der Waals surface area contributed by atoms with E-state index in [1.165, 1.54) is 6.07 Å². The molecule has 0 saturated carbocycles. The molecule has 1 saturated heterocycles. The summed E-state index contributed by atoms with van der Waals surface area (Å²) in [5, 5.41) is 9.81. The fourth-order valence-corrected chi connectivity index (χ4v) is 2.01. The third-order valence-corrected chi connectivity index (χ3v) is 3.20. The molecule has 17 heavy (non-hydrogen) atoms. The van der Waals surface area contributed by atoms with E-state index in [9.17, 15) is 9.50 Å². The van der Waals surface area contributed by atoms with Crippen LogP contribution in [0.2, 0.25) is 0 Å². The Hall–Kier alpha value is -1.13. The van der Waals surface area contributed by atoms with Gasteiger partial charge in [-0.3, -0.25) is 4.90 Å². The van der Waals surface area contributed by atoms with Crippen LogP contribution in [0.3, 0.4) is 0 Å². The summed E-state index contributed by atoms with van der Waals surface area (Å²) >= 11 is 0. The first-order valence-corrected chi connectivity index (χ1v) is 5.95. The lowest BCUT2D eigenvalue weighted by Crippen LogP contribution is -2.61. The summed E-state index contributed by atoms with van der Waals surface area (Å²) in [6, 6.07) is 6.39. The maximum Gasteiger partial charge on any atom is 0.165 e. The van der Waals surface area contributed by atoms with Crippen molar-refractivity contribution in [3.8, 4) is 5.75 Å². The van der Waals surface area contributed by atoms with E-state index < -0.39 is 5.60 Å². The number of para-hydroxylation sites is 1. The molecule has 1 N–H and O–H groups in total. The van der Waals surface area contributed by atoms with Gasteiger partial charge in [0.2, 0.25) is 0 Å². The van der Waals surface area contributed by atoms with Crippen molar-refractivity contribution in [3.63, 3.8) is 0 Å². The first kappa shape index (κ1) is 12.3. The molecule has 94 valence electrons. The Morgan fingerprint density at radius 2 is 2.12 bits per heavy atom. The molecule has 0 spiro atoms. The number of ether oxygens (including phenoxy) is 1. The highest BCUT2D eigenvalue weighted by molar-refractivity contribution is 5.23. The molecule has 0 amide bonds. The summed E-state index contributed by atoms with van der Waals surface area (Å²) in [7, 11) is 0. The zero-order valence-corrected chi connectivity index (χ0v) is 10.0. The number of nitrogens with zero attached hydrogens (tertiary/aromatic N) is 1. The standard InChI is InChI=1S/C13H18FNO2/c1-2-13(16)9-15(10-13)7-8-17-12-6-4-3-5-11(12)14/h3-6,16H,2,7-10H2,1H3. The topological polar surface area (TPSA) is 32.7 Å². The summed E-state index contributed by atoms with van der Waals surface area (Å²) in [4.78, 5) is 2.10. The highest BCUT2D eigenvalue weighted by Gasteiger charge is 2.38. The SMILES string of the molecule is CCC1(O)CN(CCOc2ccccc2F)C1. The zero-order chi connectivity index (χ0) is 12.3. The molecule has 0 radical (unpaired) electrons. The normalized spacial score (nSPS) is 18.8. The molecule has 1 heterocycles. The fourth-order valence-electron chi connectivity index (χ4n) is 2.01. The highest BCUT2D eigenvalue weighted by Crippen LogP contribution is 2.23. The van der Waals surface area contributed by atoms with E-state index in [0.717, 1.165) is 13.0 Å². The average Bonchev–Trinajstić information content (AvgIpc) is 2.29. The van der Waals surface area contributed by atoms with E-state index in [-0.39, 0.29) is 5.82 Å². The third-order valence-electron chi connectivity index (χ3n) is 3.20. The van der Waals surface area contributed by atoms with E-state index in [1.807, 2.05) is 6.92 Å². The summed E-state index contributed by atoms with van der Waals surface area (Å²) in [5.41, 5.74) is -0.516. The Kier molecular flexibility index (Phi) is 3.64. The second-order valence-corrected chi connectivity index (χ2v) is 4.57. The molecule has 4 heteroatoms. The molecule has 1 fully saturated rings. The minimum Gasteiger partial charge on any atom is -0.489 e. The molecule has 0 aromatic heterocycles. The number of hydrogen-bond donors (Lipinski definition) is 1. The van der Waals surface area contributed by atoms with Crippen molar-refractivity contribution in [1.82, 2.24) is 4.90 Å². The van der Waals surface area contributed by atoms with Crippen LogP contribution in [0.15, 0.2) is 24.3 Å². The van der Waals surface area contributed by atoms with E-state index in [1.54, 1.807) is 18.2 Å². The highest BCUT2D eigenvalue weighted by atomic mass is 19.1. The third kappa shape index (κ3) is 2.96. The van der Waals surface area contributed by atoms with Gasteiger partial charge in [0.25, 0.3) is 0 Å². The minimum atomic E-state index is -0.516. The van der Waals surface area contributed by atoms with Gasteiger partial charge in [0.15, 0.2) is 11.6 Å². The Morgan fingerprint density at radius 3 is 2.76 bits per heavy atom. The molecule has 3 nitrogen and oxygen atoms in total. The lowest BCUT2D eigenvalue weighted by molar-refractivity contribution is -0.102. The predicted molar refractivity (Wildman–Crippen MR) is 63.6 cm³/mol. The molecule has 0 aliphatic carbocycles. The number of likely N-dealkylation sites (tertiary alicyclic amines) is 1. The summed E-state index contributed by atoms with van der Waals surface area (Å²) in [6.45, 7) is 4.51. The van der Waals surface area contributed by atoms with E-state index >= 15 is 0 Å². The first-order valence-electron chi connectivity index (χ1n) is 5.95. The number of halogens is 1. The van der Waals surface area contributed by atoms with Crippen LogP contribution >= 0.6 is 0 Å². The molecule has 1 aromatic carbocycles. The van der Waals surface area contributed by atoms with Gasteiger partial charge < -0.3 is 9.84 Å². The van der Waals surface area contributed by atoms with Crippen LogP contribution in [0, 0.1) is 5.82 Å². The van der Waals surface area contributed by atoms with Crippen LogP contribution in [0.1, 0.15) is 13.3 Å². The molecule has 0 atom stereocenters. The van der Waals surface area contributed by atoms with Crippen LogP contribution in [0.25, 0.3) is 0 Å². The lowest BCUT2D eigenvalue weighted by Gasteiger charge is -2.46. The van der Waals surface area contributed by atoms with Gasteiger partial charge in [-0.1, -0.05) is 19.1 Å². The first-order chi connectivity index (χ1) is 8.13. The smallest absolute Gasteiger partial charge is 0.165 e. The Labute approximate surface area is 101 Å². The van der Waals surface area contributed by atoms with Gasteiger partial charge >= 0.3 is 0 Å². The summed E-state index contributed by atoms with van der Waals surface area (Å²) < 4.78 is 18.6. The van der Waals surface area contributed by atoms with Crippen molar-refractivity contribution in [2.45, 2.75) is 18.9 Å². The van der Waals surface area contributed by atoms with Crippen molar-refractivity contribution >= 4 is 0 Å². The van der Waals surface area contributed by atoms with Gasteiger partial charge in [0.05, 0.1) is 5.60 Å². The molecule has 1 aliphatic rings. The molecule has 1 aromatic rings. The van der Waals surface area contributed by atoms with E-state index in [0.29, 0.717) is 25.4 Å². The Morgan fingerprint density at radius 1 is 1.41 bits per heavy atom. The quantitative estimate of drug-likeness (QED) is 0.848. The van der Waals surface area contributed by atoms with Crippen LogP contribution < -0.4 is 4.74 Å². The van der Waals surface area contributed by atoms with Gasteiger partial charge in [-0.2, -0.15) is 0 Å².